The predicted octanol–water partition coefficient (Wildman–Crippen LogP) is 4.53. The molecular formula is C27H30N6O2S. The summed E-state index contributed by atoms with van der Waals surface area (Å²) in [6.07, 6.45) is 7.49. The van der Waals surface area contributed by atoms with Gasteiger partial charge in [0.15, 0.2) is 0 Å². The number of carbonyl (C=O) groups is 2. The van der Waals surface area contributed by atoms with Crippen LogP contribution in [0.1, 0.15) is 36.9 Å². The van der Waals surface area contributed by atoms with Gasteiger partial charge in [-0.15, -0.1) is 0 Å². The van der Waals surface area contributed by atoms with Crippen molar-refractivity contribution >= 4 is 51.4 Å². The summed E-state index contributed by atoms with van der Waals surface area (Å²) in [6.45, 7) is 0.852. The molecule has 3 aromatic rings. The van der Waals surface area contributed by atoms with Crippen molar-refractivity contribution in [3.05, 3.63) is 64.8 Å². The van der Waals surface area contributed by atoms with Gasteiger partial charge in [0, 0.05) is 50.0 Å². The Hall–Kier alpha value is -3.43. The first-order valence-electron chi connectivity index (χ1n) is 12.2. The summed E-state index contributed by atoms with van der Waals surface area (Å²) in [7, 11) is 4.17. The minimum Gasteiger partial charge on any atom is -0.377 e. The van der Waals surface area contributed by atoms with Crippen LogP contribution >= 0.6 is 11.8 Å². The Kier molecular flexibility index (Phi) is 7.20. The second kappa shape index (κ2) is 10.7. The molecule has 1 aromatic heterocycles. The molecule has 9 heteroatoms. The molecule has 1 saturated heterocycles. The molecule has 0 atom stereocenters. The second-order valence-electron chi connectivity index (χ2n) is 9.41. The molecule has 1 aliphatic heterocycles. The Balaban J connectivity index is 1.15. The van der Waals surface area contributed by atoms with Gasteiger partial charge in [-0.05, 0) is 66.6 Å². The van der Waals surface area contributed by atoms with Crippen LogP contribution in [-0.4, -0.2) is 47.3 Å². The van der Waals surface area contributed by atoms with Crippen LogP contribution in [0.5, 0.6) is 0 Å². The molecule has 2 aliphatic rings. The average Bonchev–Trinajstić information content (AvgIpc) is 3.19. The first kappa shape index (κ1) is 24.3. The Labute approximate surface area is 215 Å². The Morgan fingerprint density at radius 3 is 2.50 bits per heavy atom. The number of rotatable bonds is 7. The highest BCUT2D eigenvalue weighted by Gasteiger charge is 2.25. The number of imide groups is 1. The Morgan fingerprint density at radius 1 is 1.03 bits per heavy atom. The van der Waals surface area contributed by atoms with E-state index in [4.69, 9.17) is 0 Å². The molecule has 0 unspecified atom stereocenters. The van der Waals surface area contributed by atoms with E-state index in [1.807, 2.05) is 0 Å². The highest BCUT2D eigenvalue weighted by molar-refractivity contribution is 8.18. The summed E-state index contributed by atoms with van der Waals surface area (Å²) in [4.78, 5) is 34.5. The fourth-order valence-electron chi connectivity index (χ4n) is 4.85. The molecule has 3 N–H and O–H groups in total. The highest BCUT2D eigenvalue weighted by Crippen LogP contribution is 2.29. The zero-order chi connectivity index (χ0) is 25.1. The Bertz CT molecular complexity index is 1320. The maximum Gasteiger partial charge on any atom is 0.290 e. The number of thioether (sulfide) groups is 1. The molecule has 0 bridgehead atoms. The summed E-state index contributed by atoms with van der Waals surface area (Å²) >= 11 is 0.887. The van der Waals surface area contributed by atoms with Gasteiger partial charge in [-0.3, -0.25) is 14.9 Å². The van der Waals surface area contributed by atoms with Crippen LogP contribution in [0.3, 0.4) is 0 Å². The molecule has 186 valence electrons. The van der Waals surface area contributed by atoms with Crippen LogP contribution < -0.4 is 20.9 Å². The van der Waals surface area contributed by atoms with Gasteiger partial charge < -0.3 is 15.5 Å². The van der Waals surface area contributed by atoms with Crippen molar-refractivity contribution in [3.63, 3.8) is 0 Å². The third-order valence-corrected chi connectivity index (χ3v) is 7.52. The van der Waals surface area contributed by atoms with Gasteiger partial charge in [0.2, 0.25) is 5.95 Å². The Morgan fingerprint density at radius 2 is 1.78 bits per heavy atom. The van der Waals surface area contributed by atoms with E-state index in [0.29, 0.717) is 28.6 Å². The summed E-state index contributed by atoms with van der Waals surface area (Å²) in [6, 6.07) is 15.6. The molecule has 5 rings (SSSR count). The van der Waals surface area contributed by atoms with E-state index in [0.717, 1.165) is 44.0 Å². The van der Waals surface area contributed by atoms with Gasteiger partial charge in [-0.25, -0.2) is 9.97 Å². The fourth-order valence-corrected chi connectivity index (χ4v) is 5.51. The molecule has 1 saturated carbocycles. The number of anilines is 2. The van der Waals surface area contributed by atoms with E-state index in [2.05, 4.69) is 81.3 Å². The number of nitrogens with zero attached hydrogens (tertiary/aromatic N) is 3. The number of amides is 2. The summed E-state index contributed by atoms with van der Waals surface area (Å²) in [5.74, 6) is 0.161. The third kappa shape index (κ3) is 5.52. The standard InChI is InChI=1S/C27H30N6O2S/c1-33(2)23-12-7-17(21-5-3-4-6-22(21)23)16-29-18-8-10-19(11-9-18)30-26-28-14-13-20(31-26)15-24-25(34)32-27(35)36-24/h3-7,12-15,18-19,29H,8-11,16H2,1-2H3,(H,28,30,31)(H,32,34,35)/b24-15-/t18-,19-. The van der Waals surface area contributed by atoms with Gasteiger partial charge >= 0.3 is 0 Å². The molecule has 2 fully saturated rings. The van der Waals surface area contributed by atoms with E-state index < -0.39 is 0 Å². The molecule has 2 aromatic carbocycles. The topological polar surface area (TPSA) is 99.2 Å². The predicted molar refractivity (Wildman–Crippen MR) is 146 cm³/mol. The summed E-state index contributed by atoms with van der Waals surface area (Å²) in [5.41, 5.74) is 3.16. The number of hydrogen-bond acceptors (Lipinski definition) is 8. The number of nitrogens with one attached hydrogen (secondary N) is 3. The van der Waals surface area contributed by atoms with Gasteiger partial charge in [0.1, 0.15) is 0 Å². The van der Waals surface area contributed by atoms with Crippen molar-refractivity contribution in [1.82, 2.24) is 20.6 Å². The van der Waals surface area contributed by atoms with Crippen LogP contribution in [-0.2, 0) is 11.3 Å². The van der Waals surface area contributed by atoms with Crippen LogP contribution in [0, 0.1) is 0 Å². The first-order chi connectivity index (χ1) is 17.5. The van der Waals surface area contributed by atoms with Crippen LogP contribution in [0.2, 0.25) is 0 Å². The molecular weight excluding hydrogens is 472 g/mol. The quantitative estimate of drug-likeness (QED) is 0.405. The molecule has 36 heavy (non-hydrogen) atoms. The summed E-state index contributed by atoms with van der Waals surface area (Å²) in [5, 5.41) is 11.7. The molecule has 2 amide bonds. The van der Waals surface area contributed by atoms with E-state index in [9.17, 15) is 9.59 Å². The number of fused-ring (bicyclic) bond motifs is 1. The van der Waals surface area contributed by atoms with E-state index in [-0.39, 0.29) is 11.1 Å². The summed E-state index contributed by atoms with van der Waals surface area (Å²) < 4.78 is 0. The fraction of sp³-hybridized carbons (Fsp3) is 0.333. The monoisotopic (exact) mass is 502 g/mol. The smallest absolute Gasteiger partial charge is 0.290 e. The van der Waals surface area contributed by atoms with Crippen molar-refractivity contribution in [2.45, 2.75) is 44.3 Å². The maximum atomic E-state index is 11.8. The zero-order valence-corrected chi connectivity index (χ0v) is 21.3. The number of aromatic nitrogens is 2. The lowest BCUT2D eigenvalue weighted by Crippen LogP contribution is -2.37. The lowest BCUT2D eigenvalue weighted by atomic mass is 9.91. The van der Waals surface area contributed by atoms with Gasteiger partial charge in [-0.1, -0.05) is 30.3 Å². The lowest BCUT2D eigenvalue weighted by Gasteiger charge is -2.30. The van der Waals surface area contributed by atoms with E-state index in [1.165, 1.54) is 22.0 Å². The zero-order valence-electron chi connectivity index (χ0n) is 20.5. The van der Waals surface area contributed by atoms with Crippen molar-refractivity contribution < 1.29 is 9.59 Å². The number of benzene rings is 2. The SMILES string of the molecule is CN(C)c1ccc(CN[C@H]2CC[C@H](Nc3nccc(/C=C4\SC(=O)NC4=O)n3)CC2)c2ccccc12. The van der Waals surface area contributed by atoms with E-state index >= 15 is 0 Å². The van der Waals surface area contributed by atoms with Crippen LogP contribution in [0.25, 0.3) is 16.8 Å². The minimum absolute atomic E-state index is 0.303. The van der Waals surface area contributed by atoms with Gasteiger partial charge in [0.25, 0.3) is 11.1 Å². The molecule has 1 aliphatic carbocycles. The molecule has 8 nitrogen and oxygen atoms in total. The van der Waals surface area contributed by atoms with Crippen LogP contribution in [0.15, 0.2) is 53.6 Å². The van der Waals surface area contributed by atoms with Crippen molar-refractivity contribution in [3.8, 4) is 0 Å². The average molecular weight is 503 g/mol. The molecule has 0 radical (unpaired) electrons. The largest absolute Gasteiger partial charge is 0.377 e. The molecule has 0 spiro atoms. The normalized spacial score (nSPS) is 21.1. The maximum absolute atomic E-state index is 11.8. The van der Waals surface area contributed by atoms with Gasteiger partial charge in [-0.2, -0.15) is 0 Å². The lowest BCUT2D eigenvalue weighted by molar-refractivity contribution is -0.115. The van der Waals surface area contributed by atoms with Crippen LogP contribution in [0.4, 0.5) is 16.4 Å². The van der Waals surface area contributed by atoms with Gasteiger partial charge in [0.05, 0.1) is 10.6 Å². The third-order valence-electron chi connectivity index (χ3n) is 6.71. The number of hydrogen-bond donors (Lipinski definition) is 3. The van der Waals surface area contributed by atoms with Crippen molar-refractivity contribution in [1.29, 1.82) is 0 Å². The van der Waals surface area contributed by atoms with E-state index in [1.54, 1.807) is 18.3 Å². The molecule has 2 heterocycles. The van der Waals surface area contributed by atoms with Crippen molar-refractivity contribution in [2.75, 3.05) is 24.3 Å². The minimum atomic E-state index is -0.384. The van der Waals surface area contributed by atoms with Crippen molar-refractivity contribution in [2.24, 2.45) is 0 Å². The number of carbonyl (C=O) groups excluding carboxylic acids is 2. The highest BCUT2D eigenvalue weighted by atomic mass is 32.2. The first-order valence-corrected chi connectivity index (χ1v) is 13.0. The second-order valence-corrected chi connectivity index (χ2v) is 10.4.